The summed E-state index contributed by atoms with van der Waals surface area (Å²) >= 11 is 6.00. The topological polar surface area (TPSA) is 45.1 Å². The largest absolute Gasteiger partial charge is 0.389 e. The van der Waals surface area contributed by atoms with Crippen LogP contribution in [0.5, 0.6) is 0 Å². The van der Waals surface area contributed by atoms with Crippen molar-refractivity contribution in [2.75, 3.05) is 6.54 Å². The Morgan fingerprint density at radius 1 is 1.56 bits per heavy atom. The predicted octanol–water partition coefficient (Wildman–Crippen LogP) is 2.03. The molecule has 16 heavy (non-hydrogen) atoms. The third-order valence-corrected chi connectivity index (χ3v) is 2.66. The van der Waals surface area contributed by atoms with Gasteiger partial charge >= 0.3 is 0 Å². The Morgan fingerprint density at radius 3 is 2.81 bits per heavy atom. The average molecular weight is 243 g/mol. The van der Waals surface area contributed by atoms with Crippen LogP contribution in [0.25, 0.3) is 0 Å². The molecular formula is C12H19ClN2O. The summed E-state index contributed by atoms with van der Waals surface area (Å²) in [6.45, 7) is 6.45. The zero-order chi connectivity index (χ0) is 12.2. The Labute approximate surface area is 102 Å². The lowest BCUT2D eigenvalue weighted by atomic mass is 9.97. The van der Waals surface area contributed by atoms with Crippen molar-refractivity contribution in [2.45, 2.75) is 38.8 Å². The first-order chi connectivity index (χ1) is 7.41. The molecule has 1 atom stereocenters. The maximum Gasteiger partial charge on any atom is 0.0784 e. The highest BCUT2D eigenvalue weighted by Gasteiger charge is 2.22. The molecule has 1 aromatic rings. The van der Waals surface area contributed by atoms with Gasteiger partial charge in [-0.15, -0.1) is 0 Å². The fourth-order valence-electron chi connectivity index (χ4n) is 1.44. The molecule has 3 nitrogen and oxygen atoms in total. The molecule has 0 radical (unpaired) electrons. The second-order valence-corrected chi connectivity index (χ2v) is 5.08. The van der Waals surface area contributed by atoms with Crippen molar-refractivity contribution in [3.05, 3.63) is 29.0 Å². The Balaban J connectivity index is 2.62. The third kappa shape index (κ3) is 4.47. The molecule has 1 rings (SSSR count). The van der Waals surface area contributed by atoms with E-state index in [2.05, 4.69) is 24.1 Å². The number of rotatable bonds is 5. The lowest BCUT2D eigenvalue weighted by Crippen LogP contribution is -2.42. The maximum absolute atomic E-state index is 10.2. The van der Waals surface area contributed by atoms with E-state index in [1.54, 1.807) is 19.3 Å². The maximum atomic E-state index is 10.2. The molecular weight excluding hydrogens is 224 g/mol. The van der Waals surface area contributed by atoms with Gasteiger partial charge < -0.3 is 10.4 Å². The number of pyridine rings is 1. The summed E-state index contributed by atoms with van der Waals surface area (Å²) in [4.78, 5) is 3.92. The highest BCUT2D eigenvalue weighted by Crippen LogP contribution is 2.19. The quantitative estimate of drug-likeness (QED) is 0.831. The lowest BCUT2D eigenvalue weighted by molar-refractivity contribution is 0.0581. The molecule has 0 aliphatic rings. The van der Waals surface area contributed by atoms with Crippen molar-refractivity contribution in [1.82, 2.24) is 10.3 Å². The molecule has 0 aliphatic carbocycles. The minimum absolute atomic E-state index is 0.361. The second kappa shape index (κ2) is 5.62. The van der Waals surface area contributed by atoms with Crippen molar-refractivity contribution >= 4 is 11.6 Å². The van der Waals surface area contributed by atoms with Gasteiger partial charge in [-0.3, -0.25) is 4.98 Å². The van der Waals surface area contributed by atoms with Crippen LogP contribution in [0.3, 0.4) is 0 Å². The summed E-state index contributed by atoms with van der Waals surface area (Å²) in [5, 5.41) is 14.0. The van der Waals surface area contributed by atoms with Gasteiger partial charge in [-0.05, 0) is 18.6 Å². The molecule has 1 heterocycles. The van der Waals surface area contributed by atoms with E-state index in [1.165, 1.54) is 0 Å². The number of hydrogen-bond donors (Lipinski definition) is 2. The molecule has 0 saturated carbocycles. The molecule has 4 heteroatoms. The van der Waals surface area contributed by atoms with Gasteiger partial charge in [0.1, 0.15) is 0 Å². The fraction of sp³-hybridized carbons (Fsp3) is 0.583. The zero-order valence-corrected chi connectivity index (χ0v) is 10.8. The SMILES string of the molecule is CC(C)NCC(C)(O)Cc1ccncc1Cl. The number of halogens is 1. The van der Waals surface area contributed by atoms with Gasteiger partial charge in [-0.2, -0.15) is 0 Å². The van der Waals surface area contributed by atoms with Crippen molar-refractivity contribution in [3.8, 4) is 0 Å². The average Bonchev–Trinajstić information content (AvgIpc) is 2.19. The van der Waals surface area contributed by atoms with Crippen LogP contribution in [-0.4, -0.2) is 28.3 Å². The van der Waals surface area contributed by atoms with Gasteiger partial charge in [0.15, 0.2) is 0 Å². The van der Waals surface area contributed by atoms with Crippen molar-refractivity contribution in [1.29, 1.82) is 0 Å². The van der Waals surface area contributed by atoms with Gasteiger partial charge in [0.2, 0.25) is 0 Å². The van der Waals surface area contributed by atoms with E-state index < -0.39 is 5.60 Å². The van der Waals surface area contributed by atoms with E-state index in [4.69, 9.17) is 11.6 Å². The van der Waals surface area contributed by atoms with Crippen LogP contribution >= 0.6 is 11.6 Å². The summed E-state index contributed by atoms with van der Waals surface area (Å²) in [6.07, 6.45) is 3.81. The molecule has 0 aromatic carbocycles. The van der Waals surface area contributed by atoms with Crippen LogP contribution in [0.15, 0.2) is 18.5 Å². The van der Waals surface area contributed by atoms with Crippen LogP contribution in [0, 0.1) is 0 Å². The van der Waals surface area contributed by atoms with Gasteiger partial charge in [0, 0.05) is 31.4 Å². The molecule has 2 N–H and O–H groups in total. The summed E-state index contributed by atoms with van der Waals surface area (Å²) < 4.78 is 0. The van der Waals surface area contributed by atoms with E-state index in [0.717, 1.165) is 5.56 Å². The van der Waals surface area contributed by atoms with Crippen LogP contribution < -0.4 is 5.32 Å². The summed E-state index contributed by atoms with van der Waals surface area (Å²) in [7, 11) is 0. The Hall–Kier alpha value is -0.640. The van der Waals surface area contributed by atoms with E-state index in [9.17, 15) is 5.11 Å². The number of nitrogens with one attached hydrogen (secondary N) is 1. The molecule has 0 amide bonds. The molecule has 0 aliphatic heterocycles. The fourth-order valence-corrected chi connectivity index (χ4v) is 1.63. The van der Waals surface area contributed by atoms with Crippen LogP contribution in [0.2, 0.25) is 5.02 Å². The Morgan fingerprint density at radius 2 is 2.25 bits per heavy atom. The first kappa shape index (κ1) is 13.4. The Bertz CT molecular complexity index is 340. The van der Waals surface area contributed by atoms with Crippen molar-refractivity contribution in [3.63, 3.8) is 0 Å². The lowest BCUT2D eigenvalue weighted by Gasteiger charge is -2.25. The first-order valence-corrected chi connectivity index (χ1v) is 5.83. The normalized spacial score (nSPS) is 15.1. The third-order valence-electron chi connectivity index (χ3n) is 2.32. The second-order valence-electron chi connectivity index (χ2n) is 4.68. The summed E-state index contributed by atoms with van der Waals surface area (Å²) in [5.41, 5.74) is 0.127. The molecule has 1 aromatic heterocycles. The van der Waals surface area contributed by atoms with Crippen molar-refractivity contribution < 1.29 is 5.11 Å². The molecule has 0 fully saturated rings. The number of aromatic nitrogens is 1. The minimum atomic E-state index is -0.796. The van der Waals surface area contributed by atoms with Crippen LogP contribution in [0.4, 0.5) is 0 Å². The van der Waals surface area contributed by atoms with E-state index >= 15 is 0 Å². The molecule has 90 valence electrons. The van der Waals surface area contributed by atoms with E-state index in [-0.39, 0.29) is 0 Å². The van der Waals surface area contributed by atoms with Gasteiger partial charge in [-0.25, -0.2) is 0 Å². The molecule has 1 unspecified atom stereocenters. The van der Waals surface area contributed by atoms with Gasteiger partial charge in [-0.1, -0.05) is 25.4 Å². The smallest absolute Gasteiger partial charge is 0.0784 e. The number of hydrogen-bond acceptors (Lipinski definition) is 3. The number of nitrogens with zero attached hydrogens (tertiary/aromatic N) is 1. The highest BCUT2D eigenvalue weighted by atomic mass is 35.5. The minimum Gasteiger partial charge on any atom is -0.389 e. The number of aliphatic hydroxyl groups is 1. The standard InChI is InChI=1S/C12H19ClN2O/c1-9(2)15-8-12(3,16)6-10-4-5-14-7-11(10)13/h4-5,7,9,15-16H,6,8H2,1-3H3. The predicted molar refractivity (Wildman–Crippen MR) is 66.7 cm³/mol. The van der Waals surface area contributed by atoms with E-state index in [0.29, 0.717) is 24.0 Å². The molecule has 0 spiro atoms. The van der Waals surface area contributed by atoms with Gasteiger partial charge in [0.05, 0.1) is 10.6 Å². The summed E-state index contributed by atoms with van der Waals surface area (Å²) in [6, 6.07) is 2.20. The monoisotopic (exact) mass is 242 g/mol. The van der Waals surface area contributed by atoms with Crippen molar-refractivity contribution in [2.24, 2.45) is 0 Å². The molecule has 0 saturated heterocycles. The Kier molecular flexibility index (Phi) is 4.71. The van der Waals surface area contributed by atoms with E-state index in [1.807, 2.05) is 6.07 Å². The highest BCUT2D eigenvalue weighted by molar-refractivity contribution is 6.31. The van der Waals surface area contributed by atoms with Gasteiger partial charge in [0.25, 0.3) is 0 Å². The van der Waals surface area contributed by atoms with Crippen LogP contribution in [-0.2, 0) is 6.42 Å². The zero-order valence-electron chi connectivity index (χ0n) is 10.00. The summed E-state index contributed by atoms with van der Waals surface area (Å²) in [5.74, 6) is 0. The first-order valence-electron chi connectivity index (χ1n) is 5.45. The molecule has 0 bridgehead atoms. The van der Waals surface area contributed by atoms with Crippen LogP contribution in [0.1, 0.15) is 26.3 Å².